The smallest absolute Gasteiger partial charge is 0.127 e. The summed E-state index contributed by atoms with van der Waals surface area (Å²) >= 11 is 0. The van der Waals surface area contributed by atoms with Crippen molar-refractivity contribution in [3.63, 3.8) is 0 Å². The highest BCUT2D eigenvalue weighted by molar-refractivity contribution is 6.12. The van der Waals surface area contributed by atoms with E-state index in [9.17, 15) is 0 Å². The van der Waals surface area contributed by atoms with E-state index in [4.69, 9.17) is 35.2 Å². The van der Waals surface area contributed by atoms with Gasteiger partial charge in [-0.2, -0.15) is 0 Å². The number of fused-ring (bicyclic) bond motifs is 2. The maximum atomic E-state index is 5.80. The minimum absolute atomic E-state index is 0.647. The van der Waals surface area contributed by atoms with E-state index >= 15 is 0 Å². The summed E-state index contributed by atoms with van der Waals surface area (Å²) in [6, 6.07) is 15.2. The molecule has 0 aliphatic rings. The molecule has 0 spiro atoms. The Hall–Kier alpha value is -4.76. The predicted molar refractivity (Wildman–Crippen MR) is 132 cm³/mol. The Morgan fingerprint density at radius 2 is 0.938 bits per heavy atom. The zero-order valence-electron chi connectivity index (χ0n) is 17.7. The van der Waals surface area contributed by atoms with Crippen molar-refractivity contribution in [1.82, 2.24) is 0 Å². The van der Waals surface area contributed by atoms with Crippen LogP contribution in [-0.4, -0.2) is 14.2 Å². The molecular weight excluding hydrogens is 392 g/mol. The number of benzene rings is 4. The van der Waals surface area contributed by atoms with Gasteiger partial charge in [0.15, 0.2) is 0 Å². The molecule has 0 heterocycles. The van der Waals surface area contributed by atoms with Crippen LogP contribution in [-0.2, 0) is 0 Å². The SMILES string of the molecule is C#Cc1cc(C#C)c2ccc(OC)c(-c3c(OC)ccc4c(C#C)cc(C#C)cc34)c2c1. The Labute approximate surface area is 188 Å². The van der Waals surface area contributed by atoms with Crippen molar-refractivity contribution in [1.29, 1.82) is 0 Å². The van der Waals surface area contributed by atoms with Crippen LogP contribution in [0, 0.1) is 49.4 Å². The maximum absolute atomic E-state index is 5.80. The van der Waals surface area contributed by atoms with Gasteiger partial charge in [0.2, 0.25) is 0 Å². The molecule has 4 rings (SSSR count). The number of hydrogen-bond donors (Lipinski definition) is 0. The molecule has 0 saturated carbocycles. The first kappa shape index (κ1) is 20.5. The first-order valence-electron chi connectivity index (χ1n) is 9.76. The third kappa shape index (κ3) is 3.09. The normalized spacial score (nSPS) is 10.1. The molecular formula is C30H18O2. The molecule has 0 bridgehead atoms. The summed E-state index contributed by atoms with van der Waals surface area (Å²) in [5.41, 5.74) is 4.36. The lowest BCUT2D eigenvalue weighted by Gasteiger charge is -2.19. The van der Waals surface area contributed by atoms with Crippen LogP contribution in [0.25, 0.3) is 32.7 Å². The minimum atomic E-state index is 0.647. The van der Waals surface area contributed by atoms with Crippen LogP contribution in [0.3, 0.4) is 0 Å². The van der Waals surface area contributed by atoms with E-state index in [1.807, 2.05) is 48.5 Å². The van der Waals surface area contributed by atoms with E-state index in [0.717, 1.165) is 32.7 Å². The summed E-state index contributed by atoms with van der Waals surface area (Å²) in [6.45, 7) is 0. The molecule has 0 saturated heterocycles. The third-order valence-electron chi connectivity index (χ3n) is 5.53. The van der Waals surface area contributed by atoms with Gasteiger partial charge in [0.1, 0.15) is 11.5 Å². The quantitative estimate of drug-likeness (QED) is 0.409. The van der Waals surface area contributed by atoms with Gasteiger partial charge in [-0.3, -0.25) is 0 Å². The fraction of sp³-hybridized carbons (Fsp3) is 0.0667. The molecule has 0 atom stereocenters. The lowest BCUT2D eigenvalue weighted by Crippen LogP contribution is -1.97. The zero-order chi connectivity index (χ0) is 22.8. The lowest BCUT2D eigenvalue weighted by atomic mass is 9.88. The van der Waals surface area contributed by atoms with Gasteiger partial charge >= 0.3 is 0 Å². The molecule has 0 aliphatic carbocycles. The van der Waals surface area contributed by atoms with Crippen LogP contribution in [0.1, 0.15) is 22.3 Å². The summed E-state index contributed by atoms with van der Waals surface area (Å²) < 4.78 is 11.6. The van der Waals surface area contributed by atoms with Crippen molar-refractivity contribution in [2.45, 2.75) is 0 Å². The fourth-order valence-electron chi connectivity index (χ4n) is 4.09. The van der Waals surface area contributed by atoms with E-state index in [2.05, 4.69) is 23.7 Å². The van der Waals surface area contributed by atoms with Gasteiger partial charge in [0, 0.05) is 33.4 Å². The van der Waals surface area contributed by atoms with Crippen molar-refractivity contribution < 1.29 is 9.47 Å². The molecule has 0 amide bonds. The molecule has 4 aromatic rings. The number of ether oxygens (including phenoxy) is 2. The highest BCUT2D eigenvalue weighted by atomic mass is 16.5. The average Bonchev–Trinajstić information content (AvgIpc) is 2.85. The Morgan fingerprint density at radius 1 is 0.531 bits per heavy atom. The number of terminal acetylenes is 4. The van der Waals surface area contributed by atoms with E-state index in [0.29, 0.717) is 33.8 Å². The Bertz CT molecular complexity index is 1450. The molecule has 150 valence electrons. The molecule has 4 aromatic carbocycles. The summed E-state index contributed by atoms with van der Waals surface area (Å²) in [4.78, 5) is 0. The number of hydrogen-bond acceptors (Lipinski definition) is 2. The first-order chi connectivity index (χ1) is 15.6. The Kier molecular flexibility index (Phi) is 5.24. The molecule has 0 unspecified atom stereocenters. The maximum Gasteiger partial charge on any atom is 0.127 e. The highest BCUT2D eigenvalue weighted by Crippen LogP contribution is 2.46. The third-order valence-corrected chi connectivity index (χ3v) is 5.53. The van der Waals surface area contributed by atoms with Gasteiger partial charge in [-0.25, -0.2) is 0 Å². The Balaban J connectivity index is 2.31. The molecule has 0 N–H and O–H groups in total. The van der Waals surface area contributed by atoms with Crippen molar-refractivity contribution in [2.75, 3.05) is 14.2 Å². The summed E-state index contributed by atoms with van der Waals surface area (Å²) in [7, 11) is 3.24. The van der Waals surface area contributed by atoms with E-state index in [1.54, 1.807) is 14.2 Å². The van der Waals surface area contributed by atoms with Crippen molar-refractivity contribution in [3.05, 3.63) is 70.8 Å². The molecule has 0 fully saturated rings. The number of rotatable bonds is 3. The lowest BCUT2D eigenvalue weighted by molar-refractivity contribution is 0.411. The predicted octanol–water partition coefficient (Wildman–Crippen LogP) is 5.60. The van der Waals surface area contributed by atoms with Gasteiger partial charge in [-0.1, -0.05) is 23.7 Å². The van der Waals surface area contributed by atoms with E-state index < -0.39 is 0 Å². The molecule has 0 radical (unpaired) electrons. The number of methoxy groups -OCH3 is 2. The highest BCUT2D eigenvalue weighted by Gasteiger charge is 2.21. The fourth-order valence-corrected chi connectivity index (χ4v) is 4.09. The van der Waals surface area contributed by atoms with Crippen molar-refractivity contribution in [3.8, 4) is 72.0 Å². The second-order valence-electron chi connectivity index (χ2n) is 7.10. The van der Waals surface area contributed by atoms with Crippen LogP contribution >= 0.6 is 0 Å². The van der Waals surface area contributed by atoms with Crippen LogP contribution < -0.4 is 9.47 Å². The minimum Gasteiger partial charge on any atom is -0.496 e. The van der Waals surface area contributed by atoms with Crippen molar-refractivity contribution in [2.24, 2.45) is 0 Å². The molecule has 2 heteroatoms. The van der Waals surface area contributed by atoms with Crippen LogP contribution in [0.2, 0.25) is 0 Å². The van der Waals surface area contributed by atoms with Crippen LogP contribution in [0.5, 0.6) is 11.5 Å². The standard InChI is InChI=1S/C30H18O2/c1-7-19-15-21(9-3)23-11-13-27(31-5)29(25(23)17-19)30-26-18-20(8-2)16-22(10-4)24(26)12-14-28(30)32-6/h1-4,11-18H,5-6H3. The van der Waals surface area contributed by atoms with Crippen LogP contribution in [0.4, 0.5) is 0 Å². The molecule has 2 nitrogen and oxygen atoms in total. The average molecular weight is 410 g/mol. The zero-order valence-corrected chi connectivity index (χ0v) is 17.7. The molecule has 32 heavy (non-hydrogen) atoms. The Morgan fingerprint density at radius 3 is 1.25 bits per heavy atom. The first-order valence-corrected chi connectivity index (χ1v) is 9.76. The summed E-state index contributed by atoms with van der Waals surface area (Å²) in [6.07, 6.45) is 23.1. The van der Waals surface area contributed by atoms with Crippen LogP contribution in [0.15, 0.2) is 48.5 Å². The van der Waals surface area contributed by atoms with E-state index in [1.165, 1.54) is 0 Å². The van der Waals surface area contributed by atoms with Gasteiger partial charge in [-0.05, 0) is 70.1 Å². The topological polar surface area (TPSA) is 18.5 Å². The van der Waals surface area contributed by atoms with Gasteiger partial charge in [-0.15, -0.1) is 25.7 Å². The van der Waals surface area contributed by atoms with Gasteiger partial charge < -0.3 is 9.47 Å². The second-order valence-corrected chi connectivity index (χ2v) is 7.10. The largest absolute Gasteiger partial charge is 0.496 e. The van der Waals surface area contributed by atoms with Gasteiger partial charge in [0.25, 0.3) is 0 Å². The molecule has 0 aliphatic heterocycles. The summed E-state index contributed by atoms with van der Waals surface area (Å²) in [5, 5.41) is 3.47. The second kappa shape index (κ2) is 8.17. The molecule has 0 aromatic heterocycles. The monoisotopic (exact) mass is 410 g/mol. The van der Waals surface area contributed by atoms with Gasteiger partial charge in [0.05, 0.1) is 14.2 Å². The van der Waals surface area contributed by atoms with Crippen molar-refractivity contribution >= 4 is 21.5 Å². The summed E-state index contributed by atoms with van der Waals surface area (Å²) in [5.74, 6) is 12.2. The van der Waals surface area contributed by atoms with E-state index in [-0.39, 0.29) is 0 Å².